The van der Waals surface area contributed by atoms with Gasteiger partial charge in [-0.15, -0.1) is 0 Å². The van der Waals surface area contributed by atoms with Crippen LogP contribution in [0.4, 0.5) is 0 Å². The van der Waals surface area contributed by atoms with Gasteiger partial charge < -0.3 is 5.11 Å². The average Bonchev–Trinajstić information content (AvgIpc) is 2.99. The van der Waals surface area contributed by atoms with Gasteiger partial charge >= 0.3 is 0 Å². The van der Waals surface area contributed by atoms with Crippen molar-refractivity contribution in [1.29, 1.82) is 0 Å². The Kier molecular flexibility index (Phi) is 5.81. The molecule has 4 rings (SSSR count). The zero-order valence-electron chi connectivity index (χ0n) is 20.3. The van der Waals surface area contributed by atoms with E-state index in [9.17, 15) is 5.11 Å². The summed E-state index contributed by atoms with van der Waals surface area (Å²) in [5.41, 5.74) is 3.11. The van der Waals surface area contributed by atoms with Crippen LogP contribution in [0.5, 0.6) is 0 Å². The van der Waals surface area contributed by atoms with E-state index in [0.717, 1.165) is 42.4 Å². The van der Waals surface area contributed by atoms with E-state index in [1.165, 1.54) is 57.8 Å². The molecular formula is C28H48O. The monoisotopic (exact) mass is 400 g/mol. The van der Waals surface area contributed by atoms with E-state index < -0.39 is 0 Å². The lowest BCUT2D eigenvalue weighted by Gasteiger charge is -2.62. The van der Waals surface area contributed by atoms with Crippen LogP contribution in [0.15, 0.2) is 11.6 Å². The smallest absolute Gasteiger partial charge is 0.0546 e. The lowest BCUT2D eigenvalue weighted by atomic mass is 9.43. The minimum Gasteiger partial charge on any atom is -0.393 e. The van der Waals surface area contributed by atoms with Gasteiger partial charge in [0.15, 0.2) is 0 Å². The summed E-state index contributed by atoms with van der Waals surface area (Å²) in [6.07, 6.45) is 17.1. The molecule has 0 amide bonds. The van der Waals surface area contributed by atoms with E-state index >= 15 is 0 Å². The van der Waals surface area contributed by atoms with Gasteiger partial charge in [-0.3, -0.25) is 0 Å². The molecule has 4 aliphatic carbocycles. The Labute approximate surface area is 181 Å². The van der Waals surface area contributed by atoms with Crippen molar-refractivity contribution in [2.24, 2.45) is 45.8 Å². The Morgan fingerprint density at radius 1 is 0.966 bits per heavy atom. The van der Waals surface area contributed by atoms with Crippen molar-refractivity contribution in [2.75, 3.05) is 0 Å². The minimum atomic E-state index is -0.0700. The Bertz CT molecular complexity index is 634. The molecule has 1 heteroatoms. The molecule has 1 N–H and O–H groups in total. The molecule has 0 heterocycles. The first-order valence-electron chi connectivity index (χ1n) is 13.0. The summed E-state index contributed by atoms with van der Waals surface area (Å²) in [5.74, 6) is 4.28. The first kappa shape index (κ1) is 21.9. The number of rotatable bonds is 5. The number of allylic oxidation sites excluding steroid dienone is 2. The molecule has 0 unspecified atom stereocenters. The molecule has 0 bridgehead atoms. The standard InChI is InChI=1S/C28H48O/c1-19(2)8-7-9-20(3)23-10-11-24-22-13-15-26(4)18-21(29)12-17-28(26,6)25(22)14-16-27(23,24)5/h13,19-21,23-25,29H,7-12,14-18H2,1-6H3/t20-,21-,23-,24+,25+,26-,27-,28-/m1/s1. The zero-order valence-corrected chi connectivity index (χ0v) is 20.3. The lowest BCUT2D eigenvalue weighted by Crippen LogP contribution is -2.54. The zero-order chi connectivity index (χ0) is 21.0. The van der Waals surface area contributed by atoms with Crippen molar-refractivity contribution < 1.29 is 5.11 Å². The van der Waals surface area contributed by atoms with E-state index in [-0.39, 0.29) is 6.10 Å². The molecule has 0 aromatic carbocycles. The van der Waals surface area contributed by atoms with Crippen LogP contribution in [0.25, 0.3) is 0 Å². The van der Waals surface area contributed by atoms with Crippen LogP contribution in [0.2, 0.25) is 0 Å². The van der Waals surface area contributed by atoms with Gasteiger partial charge in [-0.1, -0.05) is 72.5 Å². The lowest BCUT2D eigenvalue weighted by molar-refractivity contribution is -0.0975. The summed E-state index contributed by atoms with van der Waals surface area (Å²) in [5, 5.41) is 10.4. The molecular weight excluding hydrogens is 352 g/mol. The summed E-state index contributed by atoms with van der Waals surface area (Å²) < 4.78 is 0. The highest BCUT2D eigenvalue weighted by atomic mass is 16.3. The largest absolute Gasteiger partial charge is 0.393 e. The fourth-order valence-corrected chi connectivity index (χ4v) is 8.87. The van der Waals surface area contributed by atoms with Gasteiger partial charge in [-0.2, -0.15) is 0 Å². The number of hydrogen-bond acceptors (Lipinski definition) is 1. The molecule has 29 heavy (non-hydrogen) atoms. The van der Waals surface area contributed by atoms with Crippen molar-refractivity contribution in [1.82, 2.24) is 0 Å². The first-order chi connectivity index (χ1) is 13.6. The van der Waals surface area contributed by atoms with Crippen molar-refractivity contribution in [3.8, 4) is 0 Å². The summed E-state index contributed by atoms with van der Waals surface area (Å²) in [6, 6.07) is 0. The van der Waals surface area contributed by atoms with Crippen LogP contribution in [-0.2, 0) is 0 Å². The SMILES string of the molecule is CC(C)CCC[C@@H](C)[C@H]1CC[C@H]2C3=CC[C@]4(C)C[C@H](O)CC[C@]4(C)[C@H]3CC[C@]12C. The quantitative estimate of drug-likeness (QED) is 0.467. The fraction of sp³-hybridized carbons (Fsp3) is 0.929. The maximum Gasteiger partial charge on any atom is 0.0546 e. The van der Waals surface area contributed by atoms with Gasteiger partial charge in [-0.05, 0) is 97.2 Å². The third kappa shape index (κ3) is 3.46. The minimum absolute atomic E-state index is 0.0700. The highest BCUT2D eigenvalue weighted by molar-refractivity contribution is 5.29. The van der Waals surface area contributed by atoms with Gasteiger partial charge in [0, 0.05) is 0 Å². The van der Waals surface area contributed by atoms with Gasteiger partial charge in [0.25, 0.3) is 0 Å². The van der Waals surface area contributed by atoms with Gasteiger partial charge in [0.05, 0.1) is 6.10 Å². The number of aliphatic hydroxyl groups excluding tert-OH is 1. The Morgan fingerprint density at radius 3 is 2.45 bits per heavy atom. The Balaban J connectivity index is 1.53. The normalized spacial score (nSPS) is 47.9. The molecule has 166 valence electrons. The van der Waals surface area contributed by atoms with Crippen LogP contribution in [-0.4, -0.2) is 11.2 Å². The van der Waals surface area contributed by atoms with Crippen LogP contribution in [0, 0.1) is 45.8 Å². The van der Waals surface area contributed by atoms with Crippen molar-refractivity contribution >= 4 is 0 Å². The summed E-state index contributed by atoms with van der Waals surface area (Å²) in [4.78, 5) is 0. The Morgan fingerprint density at radius 2 is 1.72 bits per heavy atom. The second-order valence-electron chi connectivity index (χ2n) is 12.9. The first-order valence-corrected chi connectivity index (χ1v) is 13.0. The maximum atomic E-state index is 10.4. The Hall–Kier alpha value is -0.300. The molecule has 0 aromatic heterocycles. The maximum absolute atomic E-state index is 10.4. The highest BCUT2D eigenvalue weighted by Gasteiger charge is 2.61. The van der Waals surface area contributed by atoms with Gasteiger partial charge in [-0.25, -0.2) is 0 Å². The van der Waals surface area contributed by atoms with Crippen molar-refractivity contribution in [3.05, 3.63) is 11.6 Å². The molecule has 0 aromatic rings. The van der Waals surface area contributed by atoms with Crippen LogP contribution in [0.1, 0.15) is 112 Å². The second-order valence-corrected chi connectivity index (χ2v) is 12.9. The number of fused-ring (bicyclic) bond motifs is 5. The van der Waals surface area contributed by atoms with Gasteiger partial charge in [0.1, 0.15) is 0 Å². The van der Waals surface area contributed by atoms with Gasteiger partial charge in [0.2, 0.25) is 0 Å². The van der Waals surface area contributed by atoms with E-state index in [1.807, 2.05) is 5.57 Å². The molecule has 0 spiro atoms. The number of hydrogen-bond donors (Lipinski definition) is 1. The molecule has 0 aliphatic heterocycles. The molecule has 3 saturated carbocycles. The number of aliphatic hydroxyl groups is 1. The molecule has 0 radical (unpaired) electrons. The molecule has 1 nitrogen and oxygen atoms in total. The molecule has 4 aliphatic rings. The summed E-state index contributed by atoms with van der Waals surface area (Å²) in [7, 11) is 0. The van der Waals surface area contributed by atoms with E-state index in [0.29, 0.717) is 16.2 Å². The summed E-state index contributed by atoms with van der Waals surface area (Å²) >= 11 is 0. The average molecular weight is 401 g/mol. The van der Waals surface area contributed by atoms with Crippen LogP contribution < -0.4 is 0 Å². The molecule has 3 fully saturated rings. The predicted octanol–water partition coefficient (Wildman–Crippen LogP) is 7.78. The molecule has 0 saturated heterocycles. The third-order valence-electron chi connectivity index (χ3n) is 10.9. The van der Waals surface area contributed by atoms with Crippen molar-refractivity contribution in [3.63, 3.8) is 0 Å². The topological polar surface area (TPSA) is 20.2 Å². The highest BCUT2D eigenvalue weighted by Crippen LogP contribution is 2.69. The van der Waals surface area contributed by atoms with E-state index in [2.05, 4.69) is 47.6 Å². The van der Waals surface area contributed by atoms with Crippen LogP contribution in [0.3, 0.4) is 0 Å². The predicted molar refractivity (Wildman–Crippen MR) is 124 cm³/mol. The van der Waals surface area contributed by atoms with Crippen molar-refractivity contribution in [2.45, 2.75) is 118 Å². The molecule has 8 atom stereocenters. The van der Waals surface area contributed by atoms with E-state index in [1.54, 1.807) is 0 Å². The van der Waals surface area contributed by atoms with E-state index in [4.69, 9.17) is 0 Å². The summed E-state index contributed by atoms with van der Waals surface area (Å²) in [6.45, 7) is 15.1. The van der Waals surface area contributed by atoms with Crippen LogP contribution >= 0.6 is 0 Å². The second kappa shape index (κ2) is 7.68. The third-order valence-corrected chi connectivity index (χ3v) is 10.9. The fourth-order valence-electron chi connectivity index (χ4n) is 8.87.